The normalized spacial score (nSPS) is 10.5. The lowest BCUT2D eigenvalue weighted by atomic mass is 10.1. The third-order valence-electron chi connectivity index (χ3n) is 4.73. The van der Waals surface area contributed by atoms with Gasteiger partial charge in [0.2, 0.25) is 0 Å². The van der Waals surface area contributed by atoms with Crippen molar-refractivity contribution in [1.29, 1.82) is 0 Å². The van der Waals surface area contributed by atoms with Crippen LogP contribution in [0.3, 0.4) is 0 Å². The van der Waals surface area contributed by atoms with Crippen molar-refractivity contribution in [3.63, 3.8) is 0 Å². The number of hydrogen-bond acceptors (Lipinski definition) is 6. The van der Waals surface area contributed by atoms with Crippen molar-refractivity contribution in [2.45, 2.75) is 0 Å². The van der Waals surface area contributed by atoms with Gasteiger partial charge in [0.15, 0.2) is 23.9 Å². The molecule has 7 nitrogen and oxygen atoms in total. The Bertz CT molecular complexity index is 1160. The van der Waals surface area contributed by atoms with E-state index in [0.717, 1.165) is 5.56 Å². The fourth-order valence-corrected chi connectivity index (χ4v) is 3.09. The van der Waals surface area contributed by atoms with Crippen LogP contribution in [0, 0.1) is 0 Å². The summed E-state index contributed by atoms with van der Waals surface area (Å²) in [6.45, 7) is -0.212. The Morgan fingerprint density at radius 3 is 2.18 bits per heavy atom. The van der Waals surface area contributed by atoms with E-state index in [1.54, 1.807) is 66.7 Å². The molecule has 7 heteroatoms. The Kier molecular flexibility index (Phi) is 8.07. The molecular weight excluding hydrogens is 422 g/mol. The Morgan fingerprint density at radius 2 is 1.45 bits per heavy atom. The van der Waals surface area contributed by atoms with Crippen LogP contribution in [-0.4, -0.2) is 39.6 Å². The van der Waals surface area contributed by atoms with Crippen LogP contribution in [0.2, 0.25) is 0 Å². The van der Waals surface area contributed by atoms with E-state index in [1.807, 2.05) is 6.07 Å². The topological polar surface area (TPSA) is 83.1 Å². The number of rotatable bonds is 10. The molecule has 3 aromatic rings. The van der Waals surface area contributed by atoms with Gasteiger partial charge >= 0.3 is 0 Å². The van der Waals surface area contributed by atoms with Gasteiger partial charge in [-0.25, -0.2) is 0 Å². The van der Waals surface area contributed by atoms with Crippen molar-refractivity contribution >= 4 is 23.5 Å². The molecule has 1 N–H and O–H groups in total. The molecule has 0 bridgehead atoms. The number of ketones is 1. The maximum atomic E-state index is 12.5. The molecule has 0 heterocycles. The zero-order chi connectivity index (χ0) is 23.6. The molecular formula is C26H25NO6. The second kappa shape index (κ2) is 11.4. The van der Waals surface area contributed by atoms with Crippen LogP contribution in [0.15, 0.2) is 72.8 Å². The van der Waals surface area contributed by atoms with Gasteiger partial charge in [-0.1, -0.05) is 36.4 Å². The molecule has 0 atom stereocenters. The van der Waals surface area contributed by atoms with Gasteiger partial charge in [0.25, 0.3) is 5.91 Å². The average Bonchev–Trinajstić information content (AvgIpc) is 2.86. The molecule has 0 saturated heterocycles. The number of carbonyl (C=O) groups is 2. The number of amides is 1. The number of ether oxygens (including phenoxy) is 4. The van der Waals surface area contributed by atoms with Crippen LogP contribution in [0.5, 0.6) is 23.0 Å². The second-order valence-corrected chi connectivity index (χ2v) is 6.85. The summed E-state index contributed by atoms with van der Waals surface area (Å²) in [7, 11) is 4.56. The third-order valence-corrected chi connectivity index (χ3v) is 4.73. The maximum absolute atomic E-state index is 12.5. The van der Waals surface area contributed by atoms with Crippen molar-refractivity contribution in [2.75, 3.05) is 33.3 Å². The van der Waals surface area contributed by atoms with E-state index in [-0.39, 0.29) is 18.3 Å². The number of para-hydroxylation sites is 3. The summed E-state index contributed by atoms with van der Waals surface area (Å²) < 4.78 is 21.5. The highest BCUT2D eigenvalue weighted by Gasteiger charge is 2.11. The highest BCUT2D eigenvalue weighted by atomic mass is 16.5. The van der Waals surface area contributed by atoms with Crippen LogP contribution in [0.25, 0.3) is 6.08 Å². The summed E-state index contributed by atoms with van der Waals surface area (Å²) in [5.41, 5.74) is 1.77. The van der Waals surface area contributed by atoms with Crippen LogP contribution in [-0.2, 0) is 4.79 Å². The number of carbonyl (C=O) groups excluding carboxylic acids is 2. The Labute approximate surface area is 192 Å². The maximum Gasteiger partial charge on any atom is 0.262 e. The lowest BCUT2D eigenvalue weighted by Crippen LogP contribution is -2.20. The number of hydrogen-bond donors (Lipinski definition) is 1. The van der Waals surface area contributed by atoms with Gasteiger partial charge in [-0.3, -0.25) is 9.59 Å². The molecule has 1 amide bonds. The van der Waals surface area contributed by atoms with Crippen molar-refractivity contribution < 1.29 is 28.5 Å². The molecule has 3 aromatic carbocycles. The Balaban J connectivity index is 1.65. The lowest BCUT2D eigenvalue weighted by molar-refractivity contribution is -0.118. The van der Waals surface area contributed by atoms with E-state index < -0.39 is 0 Å². The molecule has 3 rings (SSSR count). The number of allylic oxidation sites excluding steroid dienone is 1. The van der Waals surface area contributed by atoms with E-state index in [2.05, 4.69) is 5.32 Å². The predicted octanol–water partition coefficient (Wildman–Crippen LogP) is 4.63. The molecule has 0 fully saturated rings. The molecule has 0 aliphatic carbocycles. The summed E-state index contributed by atoms with van der Waals surface area (Å²) in [6.07, 6.45) is 3.14. The zero-order valence-corrected chi connectivity index (χ0v) is 18.7. The molecule has 0 aliphatic rings. The van der Waals surface area contributed by atoms with E-state index in [1.165, 1.54) is 27.4 Å². The minimum absolute atomic E-state index is 0.181. The molecule has 0 saturated carbocycles. The SMILES string of the molecule is COc1ccccc1NC(=O)COc1ccc(/C=C/C(=O)c2ccccc2OC)cc1OC. The zero-order valence-electron chi connectivity index (χ0n) is 18.7. The van der Waals surface area contributed by atoms with Crippen LogP contribution < -0.4 is 24.3 Å². The van der Waals surface area contributed by atoms with Gasteiger partial charge in [-0.15, -0.1) is 0 Å². The molecule has 0 aromatic heterocycles. The first-order valence-electron chi connectivity index (χ1n) is 10.1. The van der Waals surface area contributed by atoms with Gasteiger partial charge in [-0.05, 0) is 48.0 Å². The quantitative estimate of drug-likeness (QED) is 0.361. The van der Waals surface area contributed by atoms with Crippen LogP contribution in [0.4, 0.5) is 5.69 Å². The van der Waals surface area contributed by atoms with Crippen molar-refractivity contribution in [3.05, 3.63) is 83.9 Å². The van der Waals surface area contributed by atoms with E-state index >= 15 is 0 Å². The fourth-order valence-electron chi connectivity index (χ4n) is 3.09. The monoisotopic (exact) mass is 447 g/mol. The first-order chi connectivity index (χ1) is 16.0. The first kappa shape index (κ1) is 23.4. The van der Waals surface area contributed by atoms with Gasteiger partial charge in [0.05, 0.1) is 32.6 Å². The average molecular weight is 447 g/mol. The largest absolute Gasteiger partial charge is 0.496 e. The molecule has 0 aliphatic heterocycles. The van der Waals surface area contributed by atoms with E-state index in [4.69, 9.17) is 18.9 Å². The molecule has 0 unspecified atom stereocenters. The Morgan fingerprint density at radius 1 is 0.788 bits per heavy atom. The van der Waals surface area contributed by atoms with Gasteiger partial charge < -0.3 is 24.3 Å². The van der Waals surface area contributed by atoms with Crippen molar-refractivity contribution in [2.24, 2.45) is 0 Å². The smallest absolute Gasteiger partial charge is 0.262 e. The van der Waals surface area contributed by atoms with Gasteiger partial charge in [0.1, 0.15) is 11.5 Å². The predicted molar refractivity (Wildman–Crippen MR) is 126 cm³/mol. The Hall–Kier alpha value is -4.26. The summed E-state index contributed by atoms with van der Waals surface area (Å²) in [4.78, 5) is 24.8. The summed E-state index contributed by atoms with van der Waals surface area (Å²) >= 11 is 0. The van der Waals surface area contributed by atoms with Gasteiger partial charge in [-0.2, -0.15) is 0 Å². The summed E-state index contributed by atoms with van der Waals surface area (Å²) in [5, 5.41) is 2.75. The molecule has 170 valence electrons. The summed E-state index contributed by atoms with van der Waals surface area (Å²) in [6, 6.07) is 19.3. The minimum atomic E-state index is -0.340. The standard InChI is InChI=1S/C26H25NO6/c1-30-22-10-6-4-8-19(22)21(28)14-12-18-13-15-24(25(16-18)32-3)33-17-26(29)27-20-9-5-7-11-23(20)31-2/h4-16H,17H2,1-3H3,(H,27,29)/b14-12+. The van der Waals surface area contributed by atoms with Crippen LogP contribution in [0.1, 0.15) is 15.9 Å². The molecule has 33 heavy (non-hydrogen) atoms. The number of nitrogens with one attached hydrogen (secondary N) is 1. The summed E-state index contributed by atoms with van der Waals surface area (Å²) in [5.74, 6) is 1.39. The minimum Gasteiger partial charge on any atom is -0.496 e. The highest BCUT2D eigenvalue weighted by molar-refractivity contribution is 6.08. The second-order valence-electron chi connectivity index (χ2n) is 6.85. The number of anilines is 1. The van der Waals surface area contributed by atoms with E-state index in [0.29, 0.717) is 34.2 Å². The van der Waals surface area contributed by atoms with Crippen molar-refractivity contribution in [1.82, 2.24) is 0 Å². The highest BCUT2D eigenvalue weighted by Crippen LogP contribution is 2.29. The van der Waals surface area contributed by atoms with Gasteiger partial charge in [0, 0.05) is 0 Å². The first-order valence-corrected chi connectivity index (χ1v) is 10.1. The molecule has 0 spiro atoms. The molecule has 0 radical (unpaired) electrons. The lowest BCUT2D eigenvalue weighted by Gasteiger charge is -2.13. The van der Waals surface area contributed by atoms with Crippen molar-refractivity contribution in [3.8, 4) is 23.0 Å². The fraction of sp³-hybridized carbons (Fsp3) is 0.154. The third kappa shape index (κ3) is 6.13. The number of benzene rings is 3. The van der Waals surface area contributed by atoms with Crippen LogP contribution >= 0.6 is 0 Å². The van der Waals surface area contributed by atoms with E-state index in [9.17, 15) is 9.59 Å². The number of methoxy groups -OCH3 is 3.